The fourth-order valence-corrected chi connectivity index (χ4v) is 5.14. The van der Waals surface area contributed by atoms with E-state index in [0.29, 0.717) is 24.3 Å². The molecule has 0 saturated heterocycles. The van der Waals surface area contributed by atoms with Gasteiger partial charge in [-0.2, -0.15) is 0 Å². The average Bonchev–Trinajstić information content (AvgIpc) is 2.92. The average molecular weight is 551 g/mol. The lowest BCUT2D eigenvalue weighted by Crippen LogP contribution is -2.50. The van der Waals surface area contributed by atoms with E-state index >= 15 is 0 Å². The summed E-state index contributed by atoms with van der Waals surface area (Å²) < 4.78 is 27.8. The second-order valence-corrected chi connectivity index (χ2v) is 11.3. The van der Waals surface area contributed by atoms with Gasteiger partial charge < -0.3 is 15.5 Å². The highest BCUT2D eigenvalue weighted by Crippen LogP contribution is 2.19. The first-order valence-corrected chi connectivity index (χ1v) is 14.7. The number of urea groups is 1. The molecule has 3 aromatic carbocycles. The normalized spacial score (nSPS) is 11.9. The molecule has 208 valence electrons. The van der Waals surface area contributed by atoms with Gasteiger partial charge in [-0.25, -0.2) is 13.2 Å². The molecule has 3 rings (SSSR count). The number of benzene rings is 3. The van der Waals surface area contributed by atoms with Crippen molar-refractivity contribution in [3.8, 4) is 0 Å². The maximum atomic E-state index is 13.2. The largest absolute Gasteiger partial charge is 0.344 e. The monoisotopic (exact) mass is 550 g/mol. The Balaban J connectivity index is 1.63. The molecule has 0 radical (unpaired) electrons. The molecule has 39 heavy (non-hydrogen) atoms. The number of hydrogen-bond donors (Lipinski definition) is 3. The molecule has 3 amide bonds. The standard InChI is InChI=1S/C30H38N4O4S/c1-4-5-6-10-21-34(3)29(35)28(22-24-11-8-7-9-12-24)32-30(36)31-25-15-17-26(18-16-25)33-39(37,38)27-19-13-23(2)14-20-27/h7-9,11-20,28,33H,4-6,10,21-22H2,1-3H3,(H2,31,32,36)/t28-/m1/s1. The molecule has 9 heteroatoms. The van der Waals surface area contributed by atoms with Gasteiger partial charge in [0.1, 0.15) is 6.04 Å². The van der Waals surface area contributed by atoms with Gasteiger partial charge in [-0.3, -0.25) is 9.52 Å². The maximum absolute atomic E-state index is 13.2. The molecule has 0 heterocycles. The SMILES string of the molecule is CCCCCCN(C)C(=O)[C@@H](Cc1ccccc1)NC(=O)Nc1ccc(NS(=O)(=O)c2ccc(C)cc2)cc1. The second kappa shape index (κ2) is 14.3. The van der Waals surface area contributed by atoms with Gasteiger partial charge in [-0.15, -0.1) is 0 Å². The molecule has 0 aliphatic heterocycles. The van der Waals surface area contributed by atoms with E-state index in [1.165, 1.54) is 0 Å². The Kier molecular flexibility index (Phi) is 10.9. The fraction of sp³-hybridized carbons (Fsp3) is 0.333. The molecule has 3 N–H and O–H groups in total. The van der Waals surface area contributed by atoms with Crippen molar-refractivity contribution in [2.75, 3.05) is 23.6 Å². The minimum Gasteiger partial charge on any atom is -0.344 e. The van der Waals surface area contributed by atoms with Crippen molar-refractivity contribution in [3.63, 3.8) is 0 Å². The quantitative estimate of drug-likeness (QED) is 0.242. The number of aryl methyl sites for hydroxylation is 1. The van der Waals surface area contributed by atoms with E-state index in [1.54, 1.807) is 60.5 Å². The molecule has 0 aromatic heterocycles. The highest BCUT2D eigenvalue weighted by Gasteiger charge is 2.24. The van der Waals surface area contributed by atoms with Crippen molar-refractivity contribution in [1.82, 2.24) is 10.2 Å². The van der Waals surface area contributed by atoms with E-state index in [-0.39, 0.29) is 10.8 Å². The second-order valence-electron chi connectivity index (χ2n) is 9.66. The number of hydrogen-bond acceptors (Lipinski definition) is 4. The molecule has 0 saturated carbocycles. The topological polar surface area (TPSA) is 108 Å². The number of carbonyl (C=O) groups is 2. The van der Waals surface area contributed by atoms with E-state index in [0.717, 1.165) is 36.8 Å². The van der Waals surface area contributed by atoms with Gasteiger partial charge in [0.25, 0.3) is 10.0 Å². The first kappa shape index (κ1) is 29.7. The van der Waals surface area contributed by atoms with Crippen molar-refractivity contribution >= 4 is 33.3 Å². The molecule has 8 nitrogen and oxygen atoms in total. The number of anilines is 2. The Morgan fingerprint density at radius 1 is 0.846 bits per heavy atom. The van der Waals surface area contributed by atoms with Crippen LogP contribution in [0.25, 0.3) is 0 Å². The lowest BCUT2D eigenvalue weighted by atomic mass is 10.0. The number of nitrogens with zero attached hydrogens (tertiary/aromatic N) is 1. The first-order valence-electron chi connectivity index (χ1n) is 13.2. The van der Waals surface area contributed by atoms with Crippen molar-refractivity contribution in [2.24, 2.45) is 0 Å². The molecule has 0 spiro atoms. The van der Waals surface area contributed by atoms with Crippen LogP contribution >= 0.6 is 0 Å². The third-order valence-corrected chi connectivity index (χ3v) is 7.73. The molecule has 0 unspecified atom stereocenters. The molecule has 0 fully saturated rings. The van der Waals surface area contributed by atoms with Crippen molar-refractivity contribution < 1.29 is 18.0 Å². The van der Waals surface area contributed by atoms with Gasteiger partial charge in [0.2, 0.25) is 5.91 Å². The maximum Gasteiger partial charge on any atom is 0.319 e. The number of amides is 3. The van der Waals surface area contributed by atoms with Crippen LogP contribution in [0.15, 0.2) is 83.8 Å². The lowest BCUT2D eigenvalue weighted by molar-refractivity contribution is -0.131. The molecular weight excluding hydrogens is 512 g/mol. The minimum absolute atomic E-state index is 0.147. The zero-order valence-electron chi connectivity index (χ0n) is 22.8. The van der Waals surface area contributed by atoms with E-state index in [1.807, 2.05) is 37.3 Å². The summed E-state index contributed by atoms with van der Waals surface area (Å²) in [5.41, 5.74) is 2.74. The highest BCUT2D eigenvalue weighted by atomic mass is 32.2. The number of rotatable bonds is 13. The summed E-state index contributed by atoms with van der Waals surface area (Å²) in [4.78, 5) is 27.9. The number of nitrogens with one attached hydrogen (secondary N) is 3. The van der Waals surface area contributed by atoms with Crippen LogP contribution in [0.2, 0.25) is 0 Å². The predicted molar refractivity (Wildman–Crippen MR) is 156 cm³/mol. The summed E-state index contributed by atoms with van der Waals surface area (Å²) in [6.45, 7) is 4.66. The van der Waals surface area contributed by atoms with Gasteiger partial charge in [0, 0.05) is 31.4 Å². The van der Waals surface area contributed by atoms with Crippen LogP contribution < -0.4 is 15.4 Å². The van der Waals surface area contributed by atoms with Crippen LogP contribution in [0.3, 0.4) is 0 Å². The highest BCUT2D eigenvalue weighted by molar-refractivity contribution is 7.92. The van der Waals surface area contributed by atoms with E-state index in [2.05, 4.69) is 22.3 Å². The van der Waals surface area contributed by atoms with Crippen LogP contribution in [0, 0.1) is 6.92 Å². The van der Waals surface area contributed by atoms with Crippen LogP contribution in [0.5, 0.6) is 0 Å². The summed E-state index contributed by atoms with van der Waals surface area (Å²) in [6.07, 6.45) is 4.59. The van der Waals surface area contributed by atoms with Crippen molar-refractivity contribution in [3.05, 3.63) is 90.0 Å². The van der Waals surface area contributed by atoms with Crippen LogP contribution in [0.1, 0.15) is 43.7 Å². The number of sulfonamides is 1. The molecule has 3 aromatic rings. The number of unbranched alkanes of at least 4 members (excludes halogenated alkanes) is 3. The smallest absolute Gasteiger partial charge is 0.319 e. The molecule has 0 bridgehead atoms. The zero-order valence-corrected chi connectivity index (χ0v) is 23.6. The van der Waals surface area contributed by atoms with E-state index in [9.17, 15) is 18.0 Å². The predicted octanol–water partition coefficient (Wildman–Crippen LogP) is 5.57. The third kappa shape index (κ3) is 9.44. The summed E-state index contributed by atoms with van der Waals surface area (Å²) in [6, 6.07) is 21.2. The number of carbonyl (C=O) groups excluding carboxylic acids is 2. The molecule has 1 atom stereocenters. The Hall–Kier alpha value is -3.85. The Morgan fingerprint density at radius 3 is 2.13 bits per heavy atom. The fourth-order valence-electron chi connectivity index (χ4n) is 4.08. The van der Waals surface area contributed by atoms with Crippen molar-refractivity contribution in [1.29, 1.82) is 0 Å². The summed E-state index contributed by atoms with van der Waals surface area (Å²) in [7, 11) is -1.97. The van der Waals surface area contributed by atoms with Gasteiger partial charge >= 0.3 is 6.03 Å². The van der Waals surface area contributed by atoms with Crippen LogP contribution in [-0.4, -0.2) is 44.9 Å². The third-order valence-electron chi connectivity index (χ3n) is 6.34. The first-order chi connectivity index (χ1) is 18.7. The zero-order chi connectivity index (χ0) is 28.3. The minimum atomic E-state index is -3.73. The Labute approximate surface area is 231 Å². The van der Waals surface area contributed by atoms with Gasteiger partial charge in [0.15, 0.2) is 0 Å². The van der Waals surface area contributed by atoms with Crippen LogP contribution in [-0.2, 0) is 21.2 Å². The van der Waals surface area contributed by atoms with E-state index in [4.69, 9.17) is 0 Å². The summed E-state index contributed by atoms with van der Waals surface area (Å²) in [5.74, 6) is -0.147. The summed E-state index contributed by atoms with van der Waals surface area (Å²) >= 11 is 0. The molecule has 0 aliphatic rings. The molecule has 0 aliphatic carbocycles. The molecular formula is C30H38N4O4S. The van der Waals surface area contributed by atoms with Crippen LogP contribution in [0.4, 0.5) is 16.2 Å². The van der Waals surface area contributed by atoms with Crippen molar-refractivity contribution in [2.45, 2.75) is 56.9 Å². The Morgan fingerprint density at radius 2 is 1.49 bits per heavy atom. The number of likely N-dealkylation sites (N-methyl/N-ethyl adjacent to an activating group) is 1. The Bertz CT molecular complexity index is 1310. The summed E-state index contributed by atoms with van der Waals surface area (Å²) in [5, 5.41) is 5.56. The van der Waals surface area contributed by atoms with Gasteiger partial charge in [-0.05, 0) is 55.3 Å². The van der Waals surface area contributed by atoms with Gasteiger partial charge in [-0.1, -0.05) is 74.2 Å². The van der Waals surface area contributed by atoms with Gasteiger partial charge in [0.05, 0.1) is 4.90 Å². The lowest BCUT2D eigenvalue weighted by Gasteiger charge is -2.25. The van der Waals surface area contributed by atoms with E-state index < -0.39 is 22.1 Å².